The van der Waals surface area contributed by atoms with Crippen LogP contribution in [0, 0.1) is 0 Å². The van der Waals surface area contributed by atoms with Crippen molar-refractivity contribution in [3.63, 3.8) is 0 Å². The minimum atomic E-state index is -5.65. The van der Waals surface area contributed by atoms with Gasteiger partial charge in [-0.25, -0.2) is 0 Å². The molecule has 0 bridgehead atoms. The third-order valence-electron chi connectivity index (χ3n) is 2.60. The lowest BCUT2D eigenvalue weighted by Crippen LogP contribution is -2.32. The summed E-state index contributed by atoms with van der Waals surface area (Å²) in [6.07, 6.45) is -4.38. The molecule has 2 rings (SSSR count). The highest BCUT2D eigenvalue weighted by atomic mass is 32.1. The van der Waals surface area contributed by atoms with Crippen molar-refractivity contribution in [2.24, 2.45) is 5.73 Å². The standard InChI is InChI=1S/C11H8F5N3OS/c12-10(13,11(14,15)16)8-2-1-6(21-8)5-19-7(9(17)20)3-4-18-19/h1-4H,5H2,(H2,17,20). The Balaban J connectivity index is 2.25. The first-order valence-corrected chi connectivity index (χ1v) is 6.30. The van der Waals surface area contributed by atoms with Crippen LogP contribution in [0.1, 0.15) is 20.2 Å². The summed E-state index contributed by atoms with van der Waals surface area (Å²) in [5, 5.41) is 3.77. The van der Waals surface area contributed by atoms with Crippen molar-refractivity contribution >= 4 is 17.2 Å². The molecule has 1 amide bonds. The van der Waals surface area contributed by atoms with Gasteiger partial charge in [-0.2, -0.15) is 27.1 Å². The number of amides is 1. The van der Waals surface area contributed by atoms with E-state index in [1.54, 1.807) is 0 Å². The Morgan fingerprint density at radius 3 is 2.48 bits per heavy atom. The van der Waals surface area contributed by atoms with Gasteiger partial charge in [-0.1, -0.05) is 0 Å². The van der Waals surface area contributed by atoms with Gasteiger partial charge in [0.1, 0.15) is 5.69 Å². The number of carbonyl (C=O) groups excluding carboxylic acids is 1. The number of nitrogens with zero attached hydrogens (tertiary/aromatic N) is 2. The van der Waals surface area contributed by atoms with Crippen LogP contribution in [0.4, 0.5) is 22.0 Å². The van der Waals surface area contributed by atoms with E-state index in [1.165, 1.54) is 12.3 Å². The van der Waals surface area contributed by atoms with E-state index in [1.807, 2.05) is 0 Å². The molecule has 10 heteroatoms. The Morgan fingerprint density at radius 2 is 1.90 bits per heavy atom. The second-order valence-electron chi connectivity index (χ2n) is 4.08. The van der Waals surface area contributed by atoms with Gasteiger partial charge in [-0.3, -0.25) is 9.48 Å². The van der Waals surface area contributed by atoms with Gasteiger partial charge < -0.3 is 5.73 Å². The molecule has 0 aliphatic carbocycles. The number of hydrogen-bond acceptors (Lipinski definition) is 3. The Labute approximate surface area is 119 Å². The number of alkyl halides is 5. The number of carbonyl (C=O) groups is 1. The Morgan fingerprint density at radius 1 is 1.24 bits per heavy atom. The molecule has 0 saturated heterocycles. The van der Waals surface area contributed by atoms with Crippen molar-refractivity contribution in [1.82, 2.24) is 9.78 Å². The lowest BCUT2D eigenvalue weighted by molar-refractivity contribution is -0.287. The summed E-state index contributed by atoms with van der Waals surface area (Å²) < 4.78 is 64.2. The maximum Gasteiger partial charge on any atom is 0.458 e. The molecule has 0 aliphatic rings. The van der Waals surface area contributed by atoms with Gasteiger partial charge in [0.05, 0.1) is 11.4 Å². The van der Waals surface area contributed by atoms with Crippen LogP contribution in [0.15, 0.2) is 24.4 Å². The van der Waals surface area contributed by atoms with Crippen molar-refractivity contribution in [2.75, 3.05) is 0 Å². The van der Waals surface area contributed by atoms with Crippen molar-refractivity contribution in [3.8, 4) is 0 Å². The lowest BCUT2D eigenvalue weighted by Gasteiger charge is -2.17. The summed E-state index contributed by atoms with van der Waals surface area (Å²) in [7, 11) is 0. The van der Waals surface area contributed by atoms with E-state index in [9.17, 15) is 26.7 Å². The zero-order chi connectivity index (χ0) is 15.8. The quantitative estimate of drug-likeness (QED) is 0.879. The molecule has 4 nitrogen and oxygen atoms in total. The van der Waals surface area contributed by atoms with E-state index in [0.717, 1.165) is 10.7 Å². The molecule has 2 aromatic heterocycles. The number of thiophene rings is 1. The Hall–Kier alpha value is -1.97. The number of aromatic nitrogens is 2. The molecule has 2 aromatic rings. The Bertz CT molecular complexity index is 661. The minimum Gasteiger partial charge on any atom is -0.364 e. The van der Waals surface area contributed by atoms with E-state index in [2.05, 4.69) is 5.10 Å². The molecule has 0 aliphatic heterocycles. The van der Waals surface area contributed by atoms with Crippen molar-refractivity contribution in [2.45, 2.75) is 18.6 Å². The number of halogens is 5. The molecule has 0 spiro atoms. The van der Waals surface area contributed by atoms with Crippen LogP contribution < -0.4 is 5.73 Å². The van der Waals surface area contributed by atoms with Crippen LogP contribution in [0.25, 0.3) is 0 Å². The van der Waals surface area contributed by atoms with Crippen LogP contribution in [0.5, 0.6) is 0 Å². The molecular formula is C11H8F5N3OS. The highest BCUT2D eigenvalue weighted by molar-refractivity contribution is 7.12. The number of rotatable bonds is 4. The van der Waals surface area contributed by atoms with E-state index >= 15 is 0 Å². The topological polar surface area (TPSA) is 60.9 Å². The van der Waals surface area contributed by atoms with Crippen LogP contribution in [0.2, 0.25) is 0 Å². The highest BCUT2D eigenvalue weighted by Crippen LogP contribution is 2.46. The van der Waals surface area contributed by atoms with E-state index in [4.69, 9.17) is 5.73 Å². The van der Waals surface area contributed by atoms with Crippen LogP contribution in [0.3, 0.4) is 0 Å². The van der Waals surface area contributed by atoms with Gasteiger partial charge in [0.2, 0.25) is 0 Å². The normalized spacial score (nSPS) is 12.6. The average molecular weight is 325 g/mol. The summed E-state index contributed by atoms with van der Waals surface area (Å²) in [4.78, 5) is 10.1. The molecule has 21 heavy (non-hydrogen) atoms. The molecule has 2 N–H and O–H groups in total. The predicted octanol–water partition coefficient (Wildman–Crippen LogP) is 2.75. The van der Waals surface area contributed by atoms with Gasteiger partial charge in [0.15, 0.2) is 0 Å². The van der Waals surface area contributed by atoms with Gasteiger partial charge >= 0.3 is 12.1 Å². The first kappa shape index (κ1) is 15.4. The predicted molar refractivity (Wildman–Crippen MR) is 64.1 cm³/mol. The highest BCUT2D eigenvalue weighted by Gasteiger charge is 2.59. The Kier molecular flexibility index (Phi) is 3.74. The zero-order valence-corrected chi connectivity index (χ0v) is 11.0. The molecule has 0 atom stereocenters. The molecule has 2 heterocycles. The van der Waals surface area contributed by atoms with Gasteiger partial charge in [-0.05, 0) is 18.2 Å². The average Bonchev–Trinajstić information content (AvgIpc) is 2.97. The number of primary amides is 1. The summed E-state index contributed by atoms with van der Waals surface area (Å²) in [6, 6.07) is 3.16. The largest absolute Gasteiger partial charge is 0.458 e. The second-order valence-corrected chi connectivity index (χ2v) is 5.24. The van der Waals surface area contributed by atoms with Crippen molar-refractivity contribution in [1.29, 1.82) is 0 Å². The van der Waals surface area contributed by atoms with Crippen molar-refractivity contribution < 1.29 is 26.7 Å². The zero-order valence-electron chi connectivity index (χ0n) is 10.2. The smallest absolute Gasteiger partial charge is 0.364 e. The third kappa shape index (κ3) is 2.89. The summed E-state index contributed by atoms with van der Waals surface area (Å²) in [5.41, 5.74) is 5.11. The summed E-state index contributed by atoms with van der Waals surface area (Å²) in [5.74, 6) is -5.68. The first-order valence-electron chi connectivity index (χ1n) is 5.48. The molecule has 0 radical (unpaired) electrons. The van der Waals surface area contributed by atoms with Crippen LogP contribution >= 0.6 is 11.3 Å². The van der Waals surface area contributed by atoms with Crippen LogP contribution in [-0.2, 0) is 12.5 Å². The van der Waals surface area contributed by atoms with E-state index < -0.39 is 22.9 Å². The van der Waals surface area contributed by atoms with Crippen molar-refractivity contribution in [3.05, 3.63) is 39.8 Å². The summed E-state index contributed by atoms with van der Waals surface area (Å²) >= 11 is 0.302. The monoisotopic (exact) mass is 325 g/mol. The first-order chi connectivity index (χ1) is 9.63. The maximum absolute atomic E-state index is 13.2. The summed E-state index contributed by atoms with van der Waals surface area (Å²) in [6.45, 7) is -0.121. The van der Waals surface area contributed by atoms with E-state index in [0.29, 0.717) is 17.4 Å². The fourth-order valence-electron chi connectivity index (χ4n) is 1.59. The van der Waals surface area contributed by atoms with Gasteiger partial charge in [0, 0.05) is 11.1 Å². The number of hydrogen-bond donors (Lipinski definition) is 1. The van der Waals surface area contributed by atoms with E-state index in [-0.39, 0.29) is 17.1 Å². The molecule has 0 aromatic carbocycles. The minimum absolute atomic E-state index is 0.0348. The fraction of sp³-hybridized carbons (Fsp3) is 0.273. The lowest BCUT2D eigenvalue weighted by atomic mass is 10.2. The molecule has 0 fully saturated rings. The molecule has 0 saturated carbocycles. The maximum atomic E-state index is 13.2. The SMILES string of the molecule is NC(=O)c1ccnn1Cc1ccc(C(F)(F)C(F)(F)F)s1. The van der Waals surface area contributed by atoms with Gasteiger partial charge in [-0.15, -0.1) is 11.3 Å². The molecule has 0 unspecified atom stereocenters. The second kappa shape index (κ2) is 5.10. The molecular weight excluding hydrogens is 317 g/mol. The number of nitrogens with two attached hydrogens (primary N) is 1. The fourth-order valence-corrected chi connectivity index (χ4v) is 2.57. The molecule has 114 valence electrons. The van der Waals surface area contributed by atoms with Gasteiger partial charge in [0.25, 0.3) is 5.91 Å². The third-order valence-corrected chi connectivity index (χ3v) is 3.74. The van der Waals surface area contributed by atoms with Crippen LogP contribution in [-0.4, -0.2) is 21.9 Å².